The normalized spacial score (nSPS) is 32.4. The van der Waals surface area contributed by atoms with E-state index in [-0.39, 0.29) is 5.82 Å². The van der Waals surface area contributed by atoms with Gasteiger partial charge < -0.3 is 30.4 Å². The van der Waals surface area contributed by atoms with Crippen LogP contribution in [-0.2, 0) is 4.74 Å². The molecular formula is C13H14N4O4. The summed E-state index contributed by atoms with van der Waals surface area (Å²) in [4.78, 5) is 7.96. The minimum atomic E-state index is -1.98. The van der Waals surface area contributed by atoms with Gasteiger partial charge in [0.05, 0.1) is 12.0 Å². The van der Waals surface area contributed by atoms with Gasteiger partial charge in [-0.05, 0) is 6.07 Å². The number of rotatable bonds is 2. The molecule has 5 N–H and O–H groups in total. The van der Waals surface area contributed by atoms with Crippen LogP contribution < -0.4 is 5.73 Å². The molecule has 2 aromatic heterocycles. The van der Waals surface area contributed by atoms with Crippen molar-refractivity contribution in [3.05, 3.63) is 18.6 Å². The maximum absolute atomic E-state index is 10.3. The van der Waals surface area contributed by atoms with Crippen molar-refractivity contribution in [3.63, 3.8) is 0 Å². The zero-order valence-electron chi connectivity index (χ0n) is 10.9. The van der Waals surface area contributed by atoms with E-state index in [1.54, 1.807) is 12.3 Å². The number of hydrogen-bond donors (Lipinski definition) is 4. The van der Waals surface area contributed by atoms with Crippen LogP contribution in [0.25, 0.3) is 11.0 Å². The van der Waals surface area contributed by atoms with Gasteiger partial charge in [-0.15, -0.1) is 6.42 Å². The maximum Gasteiger partial charge on any atom is 0.183 e. The quantitative estimate of drug-likeness (QED) is 0.502. The van der Waals surface area contributed by atoms with Gasteiger partial charge in [0.15, 0.2) is 11.8 Å². The van der Waals surface area contributed by atoms with Crippen molar-refractivity contribution in [2.45, 2.75) is 24.0 Å². The Morgan fingerprint density at radius 2 is 2.29 bits per heavy atom. The molecule has 2 aromatic rings. The summed E-state index contributed by atoms with van der Waals surface area (Å²) in [7, 11) is 0. The number of nitrogens with two attached hydrogens (primary N) is 1. The second kappa shape index (κ2) is 4.68. The minimum absolute atomic E-state index is 0.289. The minimum Gasteiger partial charge on any atom is -0.394 e. The van der Waals surface area contributed by atoms with E-state index in [0.29, 0.717) is 11.0 Å². The summed E-state index contributed by atoms with van der Waals surface area (Å²) < 4.78 is 6.99. The van der Waals surface area contributed by atoms with Crippen molar-refractivity contribution in [2.24, 2.45) is 0 Å². The SMILES string of the molecule is C#C[C@@]1(O)[C@@H](CO)O[C@@H](n2ccc3c(N)ncnc32)[C@@H]1O. The van der Waals surface area contributed by atoms with Gasteiger partial charge in [0.1, 0.15) is 30.0 Å². The van der Waals surface area contributed by atoms with Crippen molar-refractivity contribution in [1.82, 2.24) is 14.5 Å². The number of aliphatic hydroxyl groups excluding tert-OH is 2. The third kappa shape index (κ3) is 1.80. The van der Waals surface area contributed by atoms with Gasteiger partial charge in [0.25, 0.3) is 0 Å². The lowest BCUT2D eigenvalue weighted by Gasteiger charge is -2.24. The van der Waals surface area contributed by atoms with Gasteiger partial charge in [-0.25, -0.2) is 9.97 Å². The number of aromatic nitrogens is 3. The lowest BCUT2D eigenvalue weighted by Crippen LogP contribution is -2.47. The molecule has 8 nitrogen and oxygen atoms in total. The standard InChI is InChI=1S/C13H14N4O4/c1-2-13(20)8(5-18)21-12(9(13)19)17-4-3-7-10(14)15-6-16-11(7)17/h1,3-4,6,8-9,12,18-20H,5H2,(H2,14,15,16)/t8-,9+,12-,13-/m1/s1. The molecule has 0 aliphatic carbocycles. The number of terminal acetylenes is 1. The Kier molecular flexibility index (Phi) is 3.07. The molecule has 4 atom stereocenters. The van der Waals surface area contributed by atoms with E-state index in [1.807, 2.05) is 0 Å². The monoisotopic (exact) mass is 290 g/mol. The number of nitrogens with zero attached hydrogens (tertiary/aromatic N) is 3. The van der Waals surface area contributed by atoms with Gasteiger partial charge in [0, 0.05) is 6.20 Å². The smallest absolute Gasteiger partial charge is 0.183 e. The fraction of sp³-hybridized carbons (Fsp3) is 0.385. The highest BCUT2D eigenvalue weighted by molar-refractivity contribution is 5.86. The number of hydrogen-bond acceptors (Lipinski definition) is 7. The molecule has 0 bridgehead atoms. The van der Waals surface area contributed by atoms with Crippen molar-refractivity contribution in [3.8, 4) is 12.3 Å². The van der Waals surface area contributed by atoms with Gasteiger partial charge in [-0.2, -0.15) is 0 Å². The first kappa shape index (κ1) is 13.8. The summed E-state index contributed by atoms with van der Waals surface area (Å²) in [5.74, 6) is 2.38. The second-order valence-corrected chi connectivity index (χ2v) is 4.83. The zero-order valence-corrected chi connectivity index (χ0v) is 10.9. The Labute approximate surface area is 119 Å². The van der Waals surface area contributed by atoms with E-state index in [4.69, 9.17) is 16.9 Å². The summed E-state index contributed by atoms with van der Waals surface area (Å²) in [5.41, 5.74) is 4.20. The average Bonchev–Trinajstić information content (AvgIpc) is 3.01. The molecule has 3 heterocycles. The van der Waals surface area contributed by atoms with E-state index >= 15 is 0 Å². The largest absolute Gasteiger partial charge is 0.394 e. The molecule has 1 saturated heterocycles. The Bertz CT molecular complexity index is 725. The summed E-state index contributed by atoms with van der Waals surface area (Å²) >= 11 is 0. The van der Waals surface area contributed by atoms with Crippen molar-refractivity contribution < 1.29 is 20.1 Å². The van der Waals surface area contributed by atoms with E-state index < -0.39 is 30.6 Å². The Morgan fingerprint density at radius 3 is 2.90 bits per heavy atom. The van der Waals surface area contributed by atoms with Crippen LogP contribution in [0.4, 0.5) is 5.82 Å². The first-order valence-corrected chi connectivity index (χ1v) is 6.24. The molecule has 1 aliphatic rings. The lowest BCUT2D eigenvalue weighted by atomic mass is 9.93. The number of nitrogen functional groups attached to an aromatic ring is 1. The Hall–Kier alpha value is -2.18. The van der Waals surface area contributed by atoms with E-state index in [0.717, 1.165) is 0 Å². The molecular weight excluding hydrogens is 276 g/mol. The third-order valence-electron chi connectivity index (χ3n) is 3.73. The van der Waals surface area contributed by atoms with Gasteiger partial charge in [-0.1, -0.05) is 5.92 Å². The Balaban J connectivity index is 2.08. The molecule has 1 aliphatic heterocycles. The third-order valence-corrected chi connectivity index (χ3v) is 3.73. The number of aliphatic hydroxyl groups is 3. The predicted molar refractivity (Wildman–Crippen MR) is 72.7 cm³/mol. The highest BCUT2D eigenvalue weighted by Crippen LogP contribution is 2.38. The second-order valence-electron chi connectivity index (χ2n) is 4.83. The van der Waals surface area contributed by atoms with Crippen LogP contribution in [0.1, 0.15) is 6.23 Å². The van der Waals surface area contributed by atoms with Gasteiger partial charge >= 0.3 is 0 Å². The number of fused-ring (bicyclic) bond motifs is 1. The maximum atomic E-state index is 10.3. The summed E-state index contributed by atoms with van der Waals surface area (Å²) in [6.45, 7) is -0.523. The molecule has 0 unspecified atom stereocenters. The highest BCUT2D eigenvalue weighted by atomic mass is 16.6. The number of anilines is 1. The summed E-state index contributed by atoms with van der Waals surface area (Å²) in [6.07, 6.45) is 4.64. The first-order chi connectivity index (χ1) is 10.0. The zero-order chi connectivity index (χ0) is 15.2. The molecule has 0 saturated carbocycles. The molecule has 0 spiro atoms. The van der Waals surface area contributed by atoms with Gasteiger partial charge in [-0.3, -0.25) is 0 Å². The molecule has 8 heteroatoms. The molecule has 21 heavy (non-hydrogen) atoms. The number of ether oxygens (including phenoxy) is 1. The van der Waals surface area contributed by atoms with E-state index in [1.165, 1.54) is 10.9 Å². The predicted octanol–water partition coefficient (Wildman–Crippen LogP) is -1.37. The summed E-state index contributed by atoms with van der Waals surface area (Å²) in [6, 6.07) is 1.67. The fourth-order valence-electron chi connectivity index (χ4n) is 2.53. The fourth-order valence-corrected chi connectivity index (χ4v) is 2.53. The van der Waals surface area contributed by atoms with E-state index in [9.17, 15) is 15.3 Å². The molecule has 0 aromatic carbocycles. The van der Waals surface area contributed by atoms with Crippen molar-refractivity contribution in [1.29, 1.82) is 0 Å². The van der Waals surface area contributed by atoms with E-state index in [2.05, 4.69) is 15.9 Å². The topological polar surface area (TPSA) is 127 Å². The molecule has 3 rings (SSSR count). The van der Waals surface area contributed by atoms with Crippen LogP contribution in [0.5, 0.6) is 0 Å². The molecule has 1 fully saturated rings. The van der Waals surface area contributed by atoms with Crippen LogP contribution in [-0.4, -0.2) is 54.3 Å². The summed E-state index contributed by atoms with van der Waals surface area (Å²) in [5, 5.41) is 30.4. The lowest BCUT2D eigenvalue weighted by molar-refractivity contribution is -0.0604. The van der Waals surface area contributed by atoms with Crippen LogP contribution in [0, 0.1) is 12.3 Å². The highest BCUT2D eigenvalue weighted by Gasteiger charge is 2.55. The van der Waals surface area contributed by atoms with Crippen molar-refractivity contribution in [2.75, 3.05) is 12.3 Å². The Morgan fingerprint density at radius 1 is 1.52 bits per heavy atom. The van der Waals surface area contributed by atoms with Gasteiger partial charge in [0.2, 0.25) is 0 Å². The molecule has 0 amide bonds. The van der Waals surface area contributed by atoms with Crippen molar-refractivity contribution >= 4 is 16.9 Å². The van der Waals surface area contributed by atoms with Crippen LogP contribution >= 0.6 is 0 Å². The average molecular weight is 290 g/mol. The van der Waals surface area contributed by atoms with Crippen LogP contribution in [0.2, 0.25) is 0 Å². The first-order valence-electron chi connectivity index (χ1n) is 6.24. The van der Waals surface area contributed by atoms with Crippen LogP contribution in [0.3, 0.4) is 0 Å². The van der Waals surface area contributed by atoms with Crippen LogP contribution in [0.15, 0.2) is 18.6 Å². The molecule has 0 radical (unpaired) electrons. The molecule has 110 valence electrons.